The standard InChI is InChI=1S/C21H22F6N2OS.C4H4F2O2/c1-20(23,24)8-7-15-12-29(14-6-4-5-13(22)9-14)17-10-16(21(25,26)27)18(30-3)11-19(17)31-28(15)2;5-4(6)1-2(4)3(7)8/h4-6,9-11,15H,7-8,12H2,1-3H3;2H,1H2,(H,7,8). The molecule has 5 nitrogen and oxygen atoms in total. The maximum absolute atomic E-state index is 13.9. The van der Waals surface area contributed by atoms with Crippen LogP contribution < -0.4 is 9.64 Å². The second-order valence-corrected chi connectivity index (χ2v) is 10.6. The van der Waals surface area contributed by atoms with Crippen molar-refractivity contribution in [3.05, 3.63) is 47.8 Å². The Balaban J connectivity index is 0.000000449. The second-order valence-electron chi connectivity index (χ2n) is 9.36. The number of nitrogens with zero attached hydrogens (tertiary/aromatic N) is 2. The molecule has 1 aliphatic heterocycles. The van der Waals surface area contributed by atoms with E-state index in [9.17, 15) is 39.9 Å². The number of hydrogen-bond donors (Lipinski definition) is 1. The number of methoxy groups -OCH3 is 1. The van der Waals surface area contributed by atoms with Crippen molar-refractivity contribution in [2.45, 2.75) is 55.1 Å². The monoisotopic (exact) mass is 586 g/mol. The minimum atomic E-state index is -4.67. The maximum atomic E-state index is 13.9. The zero-order chi connectivity index (χ0) is 29.3. The molecule has 0 radical (unpaired) electrons. The molecule has 14 heteroatoms. The first-order valence-corrected chi connectivity index (χ1v) is 12.4. The Morgan fingerprint density at radius 3 is 2.28 bits per heavy atom. The molecule has 39 heavy (non-hydrogen) atoms. The van der Waals surface area contributed by atoms with Crippen LogP contribution in [0.15, 0.2) is 41.3 Å². The van der Waals surface area contributed by atoms with Crippen molar-refractivity contribution in [1.82, 2.24) is 4.31 Å². The van der Waals surface area contributed by atoms with Crippen molar-refractivity contribution in [1.29, 1.82) is 0 Å². The smallest absolute Gasteiger partial charge is 0.420 e. The zero-order valence-electron chi connectivity index (χ0n) is 21.0. The average Bonchev–Trinajstić information content (AvgIpc) is 3.49. The number of halogens is 8. The SMILES string of the molecule is COc1cc2c(cc1C(F)(F)F)N(c1cccc(F)c1)CC(CCC(C)(F)F)N(C)S2.O=C(O)C1CC1(F)F. The van der Waals surface area contributed by atoms with Gasteiger partial charge in [0.15, 0.2) is 0 Å². The van der Waals surface area contributed by atoms with E-state index in [-0.39, 0.29) is 30.8 Å². The van der Waals surface area contributed by atoms with Gasteiger partial charge >= 0.3 is 12.1 Å². The number of alkyl halides is 7. The first-order valence-electron chi connectivity index (χ1n) is 11.6. The Morgan fingerprint density at radius 1 is 1.18 bits per heavy atom. The molecule has 216 valence electrons. The molecule has 0 spiro atoms. The number of benzene rings is 2. The van der Waals surface area contributed by atoms with Gasteiger partial charge in [0.05, 0.1) is 23.3 Å². The van der Waals surface area contributed by atoms with Crippen LogP contribution in [0, 0.1) is 11.7 Å². The number of ether oxygens (including phenoxy) is 1. The number of carboxylic acids is 1. The van der Waals surface area contributed by atoms with Crippen LogP contribution >= 0.6 is 11.9 Å². The predicted octanol–water partition coefficient (Wildman–Crippen LogP) is 7.47. The fourth-order valence-electron chi connectivity index (χ4n) is 3.94. The molecule has 2 aromatic rings. The van der Waals surface area contributed by atoms with E-state index in [0.29, 0.717) is 10.6 Å². The van der Waals surface area contributed by atoms with Gasteiger partial charge in [0.25, 0.3) is 5.92 Å². The number of carbonyl (C=O) groups is 1. The number of fused-ring (bicyclic) bond motifs is 1. The van der Waals surface area contributed by atoms with Crippen LogP contribution in [0.4, 0.5) is 46.5 Å². The molecule has 2 atom stereocenters. The molecule has 0 aromatic heterocycles. The summed E-state index contributed by atoms with van der Waals surface area (Å²) < 4.78 is 112. The van der Waals surface area contributed by atoms with Gasteiger partial charge in [0.1, 0.15) is 17.5 Å². The Morgan fingerprint density at radius 2 is 1.82 bits per heavy atom. The van der Waals surface area contributed by atoms with Gasteiger partial charge < -0.3 is 14.7 Å². The largest absolute Gasteiger partial charge is 0.496 e. The second kappa shape index (κ2) is 11.4. The number of aliphatic carboxylic acids is 1. The lowest BCUT2D eigenvalue weighted by molar-refractivity contribution is -0.141. The van der Waals surface area contributed by atoms with Gasteiger partial charge in [0.2, 0.25) is 5.92 Å². The Hall–Kier alpha value is -2.74. The van der Waals surface area contributed by atoms with Crippen molar-refractivity contribution in [3.63, 3.8) is 0 Å². The molecule has 1 N–H and O–H groups in total. The van der Waals surface area contributed by atoms with Crippen LogP contribution in [-0.2, 0) is 11.0 Å². The quantitative estimate of drug-likeness (QED) is 0.280. The Labute approximate surface area is 223 Å². The van der Waals surface area contributed by atoms with E-state index < -0.39 is 53.8 Å². The summed E-state index contributed by atoms with van der Waals surface area (Å²) in [7, 11) is 2.85. The highest BCUT2D eigenvalue weighted by Crippen LogP contribution is 2.49. The van der Waals surface area contributed by atoms with Crippen molar-refractivity contribution >= 4 is 29.3 Å². The molecule has 2 unspecified atom stereocenters. The van der Waals surface area contributed by atoms with Gasteiger partial charge in [-0.2, -0.15) is 13.2 Å². The highest BCUT2D eigenvalue weighted by Gasteiger charge is 2.61. The normalized spacial score (nSPS) is 20.8. The maximum Gasteiger partial charge on any atom is 0.420 e. The van der Waals surface area contributed by atoms with Crippen molar-refractivity contribution in [2.24, 2.45) is 5.92 Å². The molecule has 4 rings (SSSR count). The number of likely N-dealkylation sites (N-methyl/N-ethyl adjacent to an activating group) is 1. The van der Waals surface area contributed by atoms with Gasteiger partial charge in [-0.05, 0) is 62.7 Å². The van der Waals surface area contributed by atoms with Crippen molar-refractivity contribution in [3.8, 4) is 5.75 Å². The highest BCUT2D eigenvalue weighted by molar-refractivity contribution is 7.97. The topological polar surface area (TPSA) is 53.0 Å². The average molecular weight is 587 g/mol. The van der Waals surface area contributed by atoms with E-state index in [4.69, 9.17) is 9.84 Å². The van der Waals surface area contributed by atoms with Gasteiger partial charge in [-0.15, -0.1) is 0 Å². The highest BCUT2D eigenvalue weighted by atomic mass is 32.2. The van der Waals surface area contributed by atoms with Gasteiger partial charge in [-0.25, -0.2) is 26.3 Å². The summed E-state index contributed by atoms with van der Waals surface area (Å²) in [6.45, 7) is 0.941. The van der Waals surface area contributed by atoms with Gasteiger partial charge in [-0.3, -0.25) is 4.79 Å². The van der Waals surface area contributed by atoms with E-state index >= 15 is 0 Å². The summed E-state index contributed by atoms with van der Waals surface area (Å²) in [5.74, 6) is -9.47. The number of anilines is 2. The van der Waals surface area contributed by atoms with E-state index in [1.54, 1.807) is 22.3 Å². The minimum absolute atomic E-state index is 0.107. The summed E-state index contributed by atoms with van der Waals surface area (Å²) in [5.41, 5.74) is -0.415. The number of hydrogen-bond acceptors (Lipinski definition) is 5. The van der Waals surface area contributed by atoms with E-state index in [0.717, 1.165) is 32.0 Å². The third-order valence-electron chi connectivity index (χ3n) is 6.19. The molecule has 1 fully saturated rings. The third kappa shape index (κ3) is 7.90. The van der Waals surface area contributed by atoms with Crippen LogP contribution in [0.25, 0.3) is 0 Å². The van der Waals surface area contributed by atoms with E-state index in [1.807, 2.05) is 0 Å². The molecule has 1 heterocycles. The molecule has 1 saturated carbocycles. The van der Waals surface area contributed by atoms with Crippen molar-refractivity contribution < 1.29 is 49.8 Å². The Bertz CT molecular complexity index is 1190. The molecule has 2 aliphatic rings. The fourth-order valence-corrected chi connectivity index (χ4v) is 4.99. The summed E-state index contributed by atoms with van der Waals surface area (Å²) in [5, 5.41) is 7.91. The summed E-state index contributed by atoms with van der Waals surface area (Å²) in [6, 6.07) is 7.29. The molecule has 0 amide bonds. The first kappa shape index (κ1) is 30.8. The lowest BCUT2D eigenvalue weighted by atomic mass is 10.1. The third-order valence-corrected chi connectivity index (χ3v) is 7.30. The Kier molecular flexibility index (Phi) is 9.00. The number of carboxylic acid groups (broad SMARTS) is 1. The van der Waals surface area contributed by atoms with Crippen LogP contribution in [0.2, 0.25) is 0 Å². The van der Waals surface area contributed by atoms with Crippen LogP contribution in [0.5, 0.6) is 5.75 Å². The lowest BCUT2D eigenvalue weighted by Gasteiger charge is -2.30. The lowest BCUT2D eigenvalue weighted by Crippen LogP contribution is -2.36. The van der Waals surface area contributed by atoms with Crippen LogP contribution in [0.3, 0.4) is 0 Å². The zero-order valence-corrected chi connectivity index (χ0v) is 21.9. The van der Waals surface area contributed by atoms with Crippen LogP contribution in [0.1, 0.15) is 31.7 Å². The van der Waals surface area contributed by atoms with E-state index in [2.05, 4.69) is 0 Å². The molecular formula is C25H26F8N2O3S. The van der Waals surface area contributed by atoms with Crippen LogP contribution in [-0.4, -0.2) is 54.0 Å². The number of rotatable bonds is 6. The summed E-state index contributed by atoms with van der Waals surface area (Å²) in [6.07, 6.45) is -5.42. The van der Waals surface area contributed by atoms with Gasteiger partial charge in [-0.1, -0.05) is 6.07 Å². The molecule has 0 saturated heterocycles. The summed E-state index contributed by atoms with van der Waals surface area (Å²) in [4.78, 5) is 11.7. The first-order chi connectivity index (χ1) is 17.9. The summed E-state index contributed by atoms with van der Waals surface area (Å²) >= 11 is 1.15. The molecular weight excluding hydrogens is 560 g/mol. The molecule has 0 bridgehead atoms. The molecule has 2 aromatic carbocycles. The molecule has 1 aliphatic carbocycles. The predicted molar refractivity (Wildman–Crippen MR) is 129 cm³/mol. The van der Waals surface area contributed by atoms with E-state index in [1.165, 1.54) is 24.3 Å². The van der Waals surface area contributed by atoms with Crippen molar-refractivity contribution in [2.75, 3.05) is 25.6 Å². The fraction of sp³-hybridized carbons (Fsp3) is 0.480. The van der Waals surface area contributed by atoms with Gasteiger partial charge in [0, 0.05) is 31.1 Å². The minimum Gasteiger partial charge on any atom is -0.496 e.